The number of aromatic nitrogens is 2. The second kappa shape index (κ2) is 6.24. The van der Waals surface area contributed by atoms with Gasteiger partial charge < -0.3 is 14.8 Å². The molecule has 1 N–H and O–H groups in total. The van der Waals surface area contributed by atoms with Crippen LogP contribution in [0.1, 0.15) is 29.7 Å². The zero-order chi connectivity index (χ0) is 16.4. The number of aryl methyl sites for hydroxylation is 2. The van der Waals surface area contributed by atoms with Crippen LogP contribution < -0.4 is 14.8 Å². The summed E-state index contributed by atoms with van der Waals surface area (Å²) in [4.78, 5) is 0. The Hall–Kier alpha value is -2.01. The number of nitrogens with zero attached hydrogens (tertiary/aromatic N) is 2. The van der Waals surface area contributed by atoms with E-state index in [1.54, 1.807) is 18.9 Å². The standard InChI is InChI=1S/C18H25N3O2/c1-13-14(17(23-4)21(2)20-13)11-19-12-18(9-10-18)15-7-5-6-8-16(15)22-3/h5-8,19H,9-12H2,1-4H3. The van der Waals surface area contributed by atoms with Gasteiger partial charge in [-0.25, -0.2) is 4.68 Å². The summed E-state index contributed by atoms with van der Waals surface area (Å²) in [7, 11) is 5.34. The summed E-state index contributed by atoms with van der Waals surface area (Å²) in [5, 5.41) is 8.02. The molecule has 1 aliphatic rings. The van der Waals surface area contributed by atoms with Gasteiger partial charge in [0.2, 0.25) is 5.88 Å². The highest BCUT2D eigenvalue weighted by Gasteiger charge is 2.45. The fourth-order valence-corrected chi connectivity index (χ4v) is 3.34. The van der Waals surface area contributed by atoms with Crippen molar-refractivity contribution in [2.24, 2.45) is 7.05 Å². The van der Waals surface area contributed by atoms with E-state index in [9.17, 15) is 0 Å². The van der Waals surface area contributed by atoms with Gasteiger partial charge in [0, 0.05) is 31.1 Å². The van der Waals surface area contributed by atoms with Gasteiger partial charge in [-0.1, -0.05) is 18.2 Å². The van der Waals surface area contributed by atoms with E-state index in [2.05, 4.69) is 22.5 Å². The first kappa shape index (κ1) is 15.9. The molecule has 0 radical (unpaired) electrons. The molecule has 3 rings (SSSR count). The van der Waals surface area contributed by atoms with Gasteiger partial charge in [0.15, 0.2) is 0 Å². The van der Waals surface area contributed by atoms with E-state index in [-0.39, 0.29) is 5.41 Å². The molecule has 1 fully saturated rings. The molecule has 1 heterocycles. The molecular formula is C18H25N3O2. The zero-order valence-corrected chi connectivity index (χ0v) is 14.3. The molecule has 0 spiro atoms. The molecule has 0 unspecified atom stereocenters. The number of ether oxygens (including phenoxy) is 2. The fourth-order valence-electron chi connectivity index (χ4n) is 3.34. The van der Waals surface area contributed by atoms with Crippen LogP contribution in [0.4, 0.5) is 0 Å². The van der Waals surface area contributed by atoms with Crippen molar-refractivity contribution in [1.82, 2.24) is 15.1 Å². The monoisotopic (exact) mass is 315 g/mol. The van der Waals surface area contributed by atoms with E-state index in [4.69, 9.17) is 9.47 Å². The normalized spacial score (nSPS) is 15.5. The molecule has 23 heavy (non-hydrogen) atoms. The van der Waals surface area contributed by atoms with Gasteiger partial charge in [0.25, 0.3) is 0 Å². The average Bonchev–Trinajstić information content (AvgIpc) is 3.29. The first-order valence-electron chi connectivity index (χ1n) is 8.02. The van der Waals surface area contributed by atoms with E-state index in [1.807, 2.05) is 26.1 Å². The molecule has 0 bridgehead atoms. The number of benzene rings is 1. The molecule has 0 saturated heterocycles. The summed E-state index contributed by atoms with van der Waals surface area (Å²) < 4.78 is 12.8. The molecular weight excluding hydrogens is 290 g/mol. The van der Waals surface area contributed by atoms with E-state index in [0.29, 0.717) is 0 Å². The number of para-hydroxylation sites is 1. The highest BCUT2D eigenvalue weighted by molar-refractivity contribution is 5.43. The number of hydrogen-bond donors (Lipinski definition) is 1. The van der Waals surface area contributed by atoms with Crippen molar-refractivity contribution < 1.29 is 9.47 Å². The molecule has 0 amide bonds. The Labute approximate surface area is 137 Å². The van der Waals surface area contributed by atoms with Crippen molar-refractivity contribution >= 4 is 0 Å². The van der Waals surface area contributed by atoms with Crippen LogP contribution >= 0.6 is 0 Å². The molecule has 1 aromatic carbocycles. The summed E-state index contributed by atoms with van der Waals surface area (Å²) in [6, 6.07) is 8.34. The third-order valence-electron chi connectivity index (χ3n) is 4.78. The Balaban J connectivity index is 1.69. The highest BCUT2D eigenvalue weighted by Crippen LogP contribution is 2.50. The fraction of sp³-hybridized carbons (Fsp3) is 0.500. The van der Waals surface area contributed by atoms with E-state index in [1.165, 1.54) is 18.4 Å². The molecule has 5 nitrogen and oxygen atoms in total. The van der Waals surface area contributed by atoms with Gasteiger partial charge in [-0.05, 0) is 25.8 Å². The van der Waals surface area contributed by atoms with Gasteiger partial charge in [-0.15, -0.1) is 0 Å². The number of nitrogens with one attached hydrogen (secondary N) is 1. The zero-order valence-electron chi connectivity index (χ0n) is 14.3. The van der Waals surface area contributed by atoms with Crippen molar-refractivity contribution in [3.8, 4) is 11.6 Å². The van der Waals surface area contributed by atoms with Crippen LogP contribution in [0.25, 0.3) is 0 Å². The van der Waals surface area contributed by atoms with Crippen molar-refractivity contribution in [1.29, 1.82) is 0 Å². The minimum atomic E-state index is 0.204. The maximum atomic E-state index is 5.53. The summed E-state index contributed by atoms with van der Waals surface area (Å²) in [6.45, 7) is 3.72. The van der Waals surface area contributed by atoms with Gasteiger partial charge in [0.1, 0.15) is 5.75 Å². The highest BCUT2D eigenvalue weighted by atomic mass is 16.5. The Kier molecular flexibility index (Phi) is 4.31. The van der Waals surface area contributed by atoms with E-state index >= 15 is 0 Å². The Bertz CT molecular complexity index is 690. The van der Waals surface area contributed by atoms with E-state index in [0.717, 1.165) is 36.0 Å². The lowest BCUT2D eigenvalue weighted by atomic mass is 9.95. The SMILES string of the molecule is COc1ccccc1C1(CNCc2c(C)nn(C)c2OC)CC1. The molecule has 124 valence electrons. The summed E-state index contributed by atoms with van der Waals surface area (Å²) in [5.74, 6) is 1.82. The second-order valence-electron chi connectivity index (χ2n) is 6.28. The van der Waals surface area contributed by atoms with Crippen LogP contribution in [0.15, 0.2) is 24.3 Å². The van der Waals surface area contributed by atoms with Gasteiger partial charge in [0.05, 0.1) is 25.5 Å². The third-order valence-corrected chi connectivity index (χ3v) is 4.78. The van der Waals surface area contributed by atoms with Crippen LogP contribution in [0.3, 0.4) is 0 Å². The summed E-state index contributed by atoms with van der Waals surface area (Å²) >= 11 is 0. The number of rotatable bonds is 7. The van der Waals surface area contributed by atoms with Crippen molar-refractivity contribution in [3.63, 3.8) is 0 Å². The lowest BCUT2D eigenvalue weighted by Crippen LogP contribution is -2.27. The molecule has 0 atom stereocenters. The molecule has 2 aromatic rings. The predicted octanol–water partition coefficient (Wildman–Crippen LogP) is 2.57. The summed E-state index contributed by atoms with van der Waals surface area (Å²) in [6.07, 6.45) is 2.40. The smallest absolute Gasteiger partial charge is 0.216 e. The average molecular weight is 315 g/mol. The third kappa shape index (κ3) is 2.93. The van der Waals surface area contributed by atoms with Crippen LogP contribution in [-0.4, -0.2) is 30.5 Å². The Morgan fingerprint density at radius 2 is 1.96 bits per heavy atom. The van der Waals surface area contributed by atoms with E-state index < -0.39 is 0 Å². The molecule has 1 saturated carbocycles. The minimum absolute atomic E-state index is 0.204. The first-order chi connectivity index (χ1) is 11.1. The van der Waals surface area contributed by atoms with Gasteiger partial charge in [-0.2, -0.15) is 5.10 Å². The van der Waals surface area contributed by atoms with Crippen molar-refractivity contribution in [2.45, 2.75) is 31.7 Å². The maximum absolute atomic E-state index is 5.53. The number of hydrogen-bond acceptors (Lipinski definition) is 4. The quantitative estimate of drug-likeness (QED) is 0.853. The largest absolute Gasteiger partial charge is 0.496 e. The lowest BCUT2D eigenvalue weighted by molar-refractivity contribution is 0.367. The Morgan fingerprint density at radius 1 is 1.22 bits per heavy atom. The molecule has 1 aliphatic carbocycles. The summed E-state index contributed by atoms with van der Waals surface area (Å²) in [5.41, 5.74) is 3.66. The lowest BCUT2D eigenvalue weighted by Gasteiger charge is -2.19. The topological polar surface area (TPSA) is 48.3 Å². The van der Waals surface area contributed by atoms with Crippen molar-refractivity contribution in [3.05, 3.63) is 41.1 Å². The van der Waals surface area contributed by atoms with Crippen LogP contribution in [0.2, 0.25) is 0 Å². The van der Waals surface area contributed by atoms with Gasteiger partial charge >= 0.3 is 0 Å². The predicted molar refractivity (Wildman–Crippen MR) is 90.1 cm³/mol. The molecule has 1 aromatic heterocycles. The number of methoxy groups -OCH3 is 2. The van der Waals surface area contributed by atoms with Crippen LogP contribution in [0, 0.1) is 6.92 Å². The molecule has 0 aliphatic heterocycles. The van der Waals surface area contributed by atoms with Crippen LogP contribution in [0.5, 0.6) is 11.6 Å². The Morgan fingerprint density at radius 3 is 2.61 bits per heavy atom. The van der Waals surface area contributed by atoms with Gasteiger partial charge in [-0.3, -0.25) is 0 Å². The first-order valence-corrected chi connectivity index (χ1v) is 8.02. The maximum Gasteiger partial charge on any atom is 0.216 e. The minimum Gasteiger partial charge on any atom is -0.496 e. The van der Waals surface area contributed by atoms with Crippen molar-refractivity contribution in [2.75, 3.05) is 20.8 Å². The second-order valence-corrected chi connectivity index (χ2v) is 6.28. The molecule has 5 heteroatoms. The van der Waals surface area contributed by atoms with Crippen LogP contribution in [-0.2, 0) is 19.0 Å².